The molecule has 1 aromatic carbocycles. The summed E-state index contributed by atoms with van der Waals surface area (Å²) in [6, 6.07) is 7.10. The van der Waals surface area contributed by atoms with Crippen molar-refractivity contribution in [2.45, 2.75) is 38.6 Å². The normalized spacial score (nSPS) is 26.4. The van der Waals surface area contributed by atoms with Crippen LogP contribution in [0, 0.1) is 5.92 Å². The molecule has 1 unspecified atom stereocenters. The molecule has 4 nitrogen and oxygen atoms in total. The van der Waals surface area contributed by atoms with Gasteiger partial charge in [0.25, 0.3) is 0 Å². The molecule has 1 aliphatic carbocycles. The van der Waals surface area contributed by atoms with E-state index < -0.39 is 0 Å². The Morgan fingerprint density at radius 2 is 2.12 bits per heavy atom. The van der Waals surface area contributed by atoms with Gasteiger partial charge in [0, 0.05) is 48.7 Å². The van der Waals surface area contributed by atoms with Crippen molar-refractivity contribution >= 4 is 16.8 Å². The highest BCUT2D eigenvalue weighted by atomic mass is 16.2. The van der Waals surface area contributed by atoms with Crippen LogP contribution in [-0.4, -0.2) is 53.4 Å². The number of hydrogen-bond acceptors (Lipinski definition) is 2. The van der Waals surface area contributed by atoms with Crippen LogP contribution in [0.2, 0.25) is 0 Å². The van der Waals surface area contributed by atoms with E-state index in [0.29, 0.717) is 17.9 Å². The highest BCUT2D eigenvalue weighted by molar-refractivity contribution is 5.88. The fraction of sp³-hybridized carbons (Fsp3) is 0.550. The zero-order chi connectivity index (χ0) is 16.8. The number of nitrogens with zero attached hydrogens (tertiary/aromatic N) is 2. The molecule has 0 bridgehead atoms. The second-order valence-corrected chi connectivity index (χ2v) is 7.34. The van der Waals surface area contributed by atoms with Crippen molar-refractivity contribution in [1.29, 1.82) is 0 Å². The van der Waals surface area contributed by atoms with Gasteiger partial charge in [-0.3, -0.25) is 4.79 Å². The van der Waals surface area contributed by atoms with Crippen LogP contribution in [0.25, 0.3) is 10.9 Å². The van der Waals surface area contributed by atoms with Gasteiger partial charge in [-0.05, 0) is 50.9 Å². The van der Waals surface area contributed by atoms with Crippen LogP contribution in [-0.2, 0) is 11.2 Å². The third kappa shape index (κ3) is 2.27. The lowest BCUT2D eigenvalue weighted by Crippen LogP contribution is -2.52. The zero-order valence-corrected chi connectivity index (χ0v) is 14.9. The van der Waals surface area contributed by atoms with Crippen molar-refractivity contribution in [3.05, 3.63) is 35.5 Å². The van der Waals surface area contributed by atoms with Crippen LogP contribution in [0.4, 0.5) is 0 Å². The van der Waals surface area contributed by atoms with Gasteiger partial charge in [0.2, 0.25) is 5.91 Å². The number of aromatic amines is 1. The summed E-state index contributed by atoms with van der Waals surface area (Å²) < 4.78 is 0. The molecule has 0 saturated carbocycles. The predicted molar refractivity (Wildman–Crippen MR) is 97.2 cm³/mol. The Balaban J connectivity index is 1.70. The molecule has 1 saturated heterocycles. The van der Waals surface area contributed by atoms with Gasteiger partial charge in [-0.1, -0.05) is 12.1 Å². The van der Waals surface area contributed by atoms with E-state index in [1.807, 2.05) is 4.90 Å². The molecule has 1 amide bonds. The van der Waals surface area contributed by atoms with E-state index in [-0.39, 0.29) is 5.92 Å². The first-order valence-electron chi connectivity index (χ1n) is 9.21. The molecule has 0 spiro atoms. The summed E-state index contributed by atoms with van der Waals surface area (Å²) >= 11 is 0. The summed E-state index contributed by atoms with van der Waals surface area (Å²) in [6.45, 7) is 6.64. The maximum absolute atomic E-state index is 12.9. The van der Waals surface area contributed by atoms with Gasteiger partial charge in [0.1, 0.15) is 0 Å². The summed E-state index contributed by atoms with van der Waals surface area (Å²) in [4.78, 5) is 20.7. The number of likely N-dealkylation sites (N-methyl/N-ethyl adjacent to an activating group) is 1. The minimum absolute atomic E-state index is 0.117. The lowest BCUT2D eigenvalue weighted by molar-refractivity contribution is -0.137. The molecule has 2 aromatic rings. The second kappa shape index (κ2) is 5.92. The largest absolute Gasteiger partial charge is 0.361 e. The van der Waals surface area contributed by atoms with Gasteiger partial charge in [-0.2, -0.15) is 0 Å². The quantitative estimate of drug-likeness (QED) is 0.942. The average molecular weight is 325 g/mol. The molecule has 3 atom stereocenters. The van der Waals surface area contributed by atoms with Crippen LogP contribution in [0.1, 0.15) is 37.3 Å². The van der Waals surface area contributed by atoms with Gasteiger partial charge in [0.15, 0.2) is 0 Å². The number of rotatable bonds is 3. The molecule has 128 valence electrons. The summed E-state index contributed by atoms with van der Waals surface area (Å²) in [6.07, 6.45) is 4.24. The number of piperidine rings is 1. The maximum Gasteiger partial charge on any atom is 0.226 e. The number of H-pyrrole nitrogens is 1. The van der Waals surface area contributed by atoms with E-state index >= 15 is 0 Å². The van der Waals surface area contributed by atoms with Crippen molar-refractivity contribution in [3.8, 4) is 0 Å². The van der Waals surface area contributed by atoms with Crippen molar-refractivity contribution in [1.82, 2.24) is 14.8 Å². The van der Waals surface area contributed by atoms with Crippen molar-refractivity contribution in [2.24, 2.45) is 5.92 Å². The maximum atomic E-state index is 12.9. The molecule has 1 fully saturated rings. The standard InChI is InChI=1S/C20H27N3O/c1-4-23(5-2)20(24)14-9-16-15-7-6-8-17-19(15)13(11-21-17)10-18(16)22(3)12-14/h6-8,11,14,16,18,21H,4-5,9-10,12H2,1-3H3/t14-,16?,18+/m0/s1. The topological polar surface area (TPSA) is 39.3 Å². The van der Waals surface area contributed by atoms with E-state index in [2.05, 4.69) is 55.2 Å². The summed E-state index contributed by atoms with van der Waals surface area (Å²) in [5.74, 6) is 0.907. The Bertz CT molecular complexity index is 761. The first-order valence-corrected chi connectivity index (χ1v) is 9.21. The van der Waals surface area contributed by atoms with Crippen LogP contribution < -0.4 is 0 Å². The first kappa shape index (κ1) is 15.7. The SMILES string of the molecule is CCN(CC)C(=O)[C@H]1CC2c3cccc4[nH]cc(c34)C[C@H]2N(C)C1. The van der Waals surface area contributed by atoms with Gasteiger partial charge in [0.05, 0.1) is 5.92 Å². The van der Waals surface area contributed by atoms with Gasteiger partial charge >= 0.3 is 0 Å². The van der Waals surface area contributed by atoms with Crippen molar-refractivity contribution in [3.63, 3.8) is 0 Å². The van der Waals surface area contributed by atoms with E-state index in [0.717, 1.165) is 32.5 Å². The number of carbonyl (C=O) groups is 1. The minimum Gasteiger partial charge on any atom is -0.361 e. The molecule has 1 aliphatic heterocycles. The number of benzene rings is 1. The molecule has 0 radical (unpaired) electrons. The minimum atomic E-state index is 0.117. The number of hydrogen-bond donors (Lipinski definition) is 1. The Labute approximate surface area is 143 Å². The predicted octanol–water partition coefficient (Wildman–Crippen LogP) is 3.00. The molecule has 24 heavy (non-hydrogen) atoms. The monoisotopic (exact) mass is 325 g/mol. The fourth-order valence-electron chi connectivity index (χ4n) is 4.91. The number of amides is 1. The Kier molecular flexibility index (Phi) is 3.87. The third-order valence-electron chi connectivity index (χ3n) is 6.15. The Hall–Kier alpha value is -1.81. The summed E-state index contributed by atoms with van der Waals surface area (Å²) in [7, 11) is 2.19. The molecule has 2 aliphatic rings. The lowest BCUT2D eigenvalue weighted by atomic mass is 9.72. The average Bonchev–Trinajstić information content (AvgIpc) is 3.01. The first-order chi connectivity index (χ1) is 11.6. The van der Waals surface area contributed by atoms with Crippen LogP contribution in [0.15, 0.2) is 24.4 Å². The van der Waals surface area contributed by atoms with Crippen LogP contribution in [0.5, 0.6) is 0 Å². The smallest absolute Gasteiger partial charge is 0.226 e. The van der Waals surface area contributed by atoms with Crippen molar-refractivity contribution in [2.75, 3.05) is 26.7 Å². The number of aromatic nitrogens is 1. The van der Waals surface area contributed by atoms with E-state index in [1.165, 1.54) is 22.0 Å². The van der Waals surface area contributed by atoms with Gasteiger partial charge in [-0.15, -0.1) is 0 Å². The third-order valence-corrected chi connectivity index (χ3v) is 6.15. The number of likely N-dealkylation sites (tertiary alicyclic amines) is 1. The van der Waals surface area contributed by atoms with E-state index in [1.54, 1.807) is 0 Å². The van der Waals surface area contributed by atoms with E-state index in [9.17, 15) is 4.79 Å². The van der Waals surface area contributed by atoms with Gasteiger partial charge in [-0.25, -0.2) is 0 Å². The number of carbonyl (C=O) groups excluding carboxylic acids is 1. The van der Waals surface area contributed by atoms with Crippen molar-refractivity contribution < 1.29 is 4.79 Å². The molecular weight excluding hydrogens is 298 g/mol. The van der Waals surface area contributed by atoms with E-state index in [4.69, 9.17) is 0 Å². The second-order valence-electron chi connectivity index (χ2n) is 7.34. The molecule has 1 N–H and O–H groups in total. The molecule has 4 rings (SSSR count). The lowest BCUT2D eigenvalue weighted by Gasteiger charge is -2.45. The highest BCUT2D eigenvalue weighted by Crippen LogP contribution is 2.44. The number of fused-ring (bicyclic) bond motifs is 2. The zero-order valence-electron chi connectivity index (χ0n) is 14.9. The molecule has 4 heteroatoms. The Morgan fingerprint density at radius 1 is 1.33 bits per heavy atom. The van der Waals surface area contributed by atoms with Crippen LogP contribution in [0.3, 0.4) is 0 Å². The van der Waals surface area contributed by atoms with Gasteiger partial charge < -0.3 is 14.8 Å². The fourth-order valence-corrected chi connectivity index (χ4v) is 4.91. The summed E-state index contributed by atoms with van der Waals surface area (Å²) in [5.41, 5.74) is 4.10. The summed E-state index contributed by atoms with van der Waals surface area (Å²) in [5, 5.41) is 1.41. The highest BCUT2D eigenvalue weighted by Gasteiger charge is 2.41. The molecule has 1 aromatic heterocycles. The Morgan fingerprint density at radius 3 is 2.88 bits per heavy atom. The molecular formula is C20H27N3O. The molecule has 2 heterocycles. The van der Waals surface area contributed by atoms with Crippen LogP contribution >= 0.6 is 0 Å². The number of nitrogens with one attached hydrogen (secondary N) is 1.